The van der Waals surface area contributed by atoms with Crippen LogP contribution in [0.1, 0.15) is 47.0 Å². The Labute approximate surface area is 148 Å². The summed E-state index contributed by atoms with van der Waals surface area (Å²) < 4.78 is 11.0. The topological polar surface area (TPSA) is 72.8 Å². The lowest BCUT2D eigenvalue weighted by atomic mass is 9.89. The summed E-state index contributed by atoms with van der Waals surface area (Å²) in [6.07, 6.45) is 3.35. The Bertz CT molecular complexity index is 680. The minimum absolute atomic E-state index is 0.275. The maximum Gasteiger partial charge on any atom is 0.338 e. The summed E-state index contributed by atoms with van der Waals surface area (Å²) >= 11 is 0. The molecule has 25 heavy (non-hydrogen) atoms. The number of hydrogen-bond donors (Lipinski definition) is 1. The van der Waals surface area contributed by atoms with Gasteiger partial charge in [0.05, 0.1) is 11.7 Å². The van der Waals surface area contributed by atoms with Gasteiger partial charge in [-0.2, -0.15) is 0 Å². The zero-order valence-electron chi connectivity index (χ0n) is 15.3. The van der Waals surface area contributed by atoms with Crippen LogP contribution in [0.25, 0.3) is 0 Å². The summed E-state index contributed by atoms with van der Waals surface area (Å²) in [4.78, 5) is 24.1. The maximum atomic E-state index is 12.1. The highest BCUT2D eigenvalue weighted by Crippen LogP contribution is 2.35. The smallest absolute Gasteiger partial charge is 0.338 e. The van der Waals surface area contributed by atoms with Gasteiger partial charge < -0.3 is 14.6 Å². The Morgan fingerprint density at radius 3 is 2.76 bits per heavy atom. The van der Waals surface area contributed by atoms with E-state index in [0.717, 1.165) is 5.57 Å². The number of ether oxygens (including phenoxy) is 2. The molecule has 5 heteroatoms. The predicted octanol–water partition coefficient (Wildman–Crippen LogP) is 3.15. The third kappa shape index (κ3) is 4.28. The van der Waals surface area contributed by atoms with Gasteiger partial charge in [0.1, 0.15) is 12.2 Å². The van der Waals surface area contributed by atoms with Crippen molar-refractivity contribution < 1.29 is 24.2 Å². The Morgan fingerprint density at radius 2 is 2.12 bits per heavy atom. The number of hydrogen-bond acceptors (Lipinski definition) is 5. The van der Waals surface area contributed by atoms with E-state index in [-0.39, 0.29) is 11.5 Å². The van der Waals surface area contributed by atoms with Crippen molar-refractivity contribution in [3.8, 4) is 0 Å². The van der Waals surface area contributed by atoms with Gasteiger partial charge in [0.25, 0.3) is 0 Å². The Balaban J connectivity index is 2.36. The molecule has 0 radical (unpaired) electrons. The van der Waals surface area contributed by atoms with E-state index in [1.165, 1.54) is 0 Å². The molecule has 136 valence electrons. The molecule has 0 aromatic rings. The molecule has 0 bridgehead atoms. The zero-order chi connectivity index (χ0) is 18.7. The fourth-order valence-corrected chi connectivity index (χ4v) is 3.09. The number of rotatable bonds is 2. The molecule has 1 fully saturated rings. The summed E-state index contributed by atoms with van der Waals surface area (Å²) in [6, 6.07) is 0. The van der Waals surface area contributed by atoms with E-state index in [1.807, 2.05) is 13.0 Å². The van der Waals surface area contributed by atoms with E-state index in [0.29, 0.717) is 36.0 Å². The largest absolute Gasteiger partial charge is 0.455 e. The fraction of sp³-hybridized carbons (Fsp3) is 0.500. The van der Waals surface area contributed by atoms with Crippen LogP contribution in [0.15, 0.2) is 46.6 Å². The van der Waals surface area contributed by atoms with E-state index in [2.05, 4.69) is 6.58 Å². The van der Waals surface area contributed by atoms with Crippen LogP contribution in [0.3, 0.4) is 0 Å². The first-order chi connectivity index (χ1) is 11.7. The van der Waals surface area contributed by atoms with Crippen LogP contribution in [-0.2, 0) is 19.1 Å². The van der Waals surface area contributed by atoms with Gasteiger partial charge >= 0.3 is 11.9 Å². The number of aliphatic hydroxyl groups excluding tert-OH is 1. The molecule has 1 heterocycles. The van der Waals surface area contributed by atoms with Crippen molar-refractivity contribution in [3.63, 3.8) is 0 Å². The first kappa shape index (κ1) is 19.2. The van der Waals surface area contributed by atoms with Gasteiger partial charge in [-0.05, 0) is 52.2 Å². The Morgan fingerprint density at radius 1 is 1.44 bits per heavy atom. The highest BCUT2D eigenvalue weighted by molar-refractivity contribution is 5.96. The molecule has 5 nitrogen and oxygen atoms in total. The monoisotopic (exact) mass is 346 g/mol. The van der Waals surface area contributed by atoms with Gasteiger partial charge in [0.2, 0.25) is 0 Å². The van der Waals surface area contributed by atoms with Crippen molar-refractivity contribution in [1.29, 1.82) is 0 Å². The summed E-state index contributed by atoms with van der Waals surface area (Å²) in [5.74, 6) is -0.875. The third-order valence-corrected chi connectivity index (χ3v) is 4.81. The molecule has 0 aromatic carbocycles. The molecular formula is C20H26O5. The highest BCUT2D eigenvalue weighted by atomic mass is 16.6. The first-order valence-electron chi connectivity index (χ1n) is 8.54. The minimum Gasteiger partial charge on any atom is -0.455 e. The van der Waals surface area contributed by atoms with Crippen LogP contribution in [-0.4, -0.2) is 35.4 Å². The Hall–Kier alpha value is -2.14. The minimum atomic E-state index is -0.656. The number of aliphatic hydroxyl groups is 1. The number of carbonyl (C=O) groups excluding carboxylic acids is 2. The quantitative estimate of drug-likeness (QED) is 0.472. The zero-order valence-corrected chi connectivity index (χ0v) is 15.3. The number of esters is 2. The second-order valence-electron chi connectivity index (χ2n) is 6.69. The van der Waals surface area contributed by atoms with Crippen molar-refractivity contribution >= 4 is 11.9 Å². The normalized spacial score (nSPS) is 30.4. The van der Waals surface area contributed by atoms with Gasteiger partial charge in [0, 0.05) is 17.6 Å². The molecule has 1 aliphatic heterocycles. The van der Waals surface area contributed by atoms with Crippen molar-refractivity contribution in [1.82, 2.24) is 0 Å². The summed E-state index contributed by atoms with van der Waals surface area (Å²) in [5.41, 5.74) is 3.16. The van der Waals surface area contributed by atoms with Crippen LogP contribution >= 0.6 is 0 Å². The van der Waals surface area contributed by atoms with Crippen molar-refractivity contribution in [3.05, 3.63) is 46.6 Å². The molecular weight excluding hydrogens is 320 g/mol. The molecule has 1 aliphatic carbocycles. The second kappa shape index (κ2) is 7.83. The van der Waals surface area contributed by atoms with E-state index >= 15 is 0 Å². The van der Waals surface area contributed by atoms with E-state index in [9.17, 15) is 14.7 Å². The molecule has 3 atom stereocenters. The van der Waals surface area contributed by atoms with Gasteiger partial charge in [-0.25, -0.2) is 9.59 Å². The van der Waals surface area contributed by atoms with Gasteiger partial charge in [0.15, 0.2) is 0 Å². The molecule has 2 aliphatic rings. The van der Waals surface area contributed by atoms with E-state index in [4.69, 9.17) is 9.47 Å². The highest BCUT2D eigenvalue weighted by Gasteiger charge is 2.38. The van der Waals surface area contributed by atoms with Crippen LogP contribution in [0.5, 0.6) is 0 Å². The number of allylic oxidation sites excluding steroid dienone is 2. The third-order valence-electron chi connectivity index (χ3n) is 4.81. The van der Waals surface area contributed by atoms with E-state index in [1.54, 1.807) is 26.8 Å². The predicted molar refractivity (Wildman–Crippen MR) is 94.6 cm³/mol. The van der Waals surface area contributed by atoms with Crippen molar-refractivity contribution in [2.75, 3.05) is 0 Å². The first-order valence-corrected chi connectivity index (χ1v) is 8.54. The van der Waals surface area contributed by atoms with E-state index < -0.39 is 24.3 Å². The molecule has 0 spiro atoms. The lowest BCUT2D eigenvalue weighted by molar-refractivity contribution is -0.144. The molecule has 0 unspecified atom stereocenters. The second-order valence-corrected chi connectivity index (χ2v) is 6.69. The van der Waals surface area contributed by atoms with Crippen molar-refractivity contribution in [2.45, 2.75) is 65.3 Å². The summed E-state index contributed by atoms with van der Waals surface area (Å²) in [5, 5.41) is 10.4. The average molecular weight is 346 g/mol. The summed E-state index contributed by atoms with van der Waals surface area (Å²) in [7, 11) is 0. The molecule has 2 rings (SSSR count). The summed E-state index contributed by atoms with van der Waals surface area (Å²) in [6.45, 7) is 11.0. The average Bonchev–Trinajstić information content (AvgIpc) is 2.84. The maximum absolute atomic E-state index is 12.1. The van der Waals surface area contributed by atoms with Gasteiger partial charge in [-0.1, -0.05) is 18.2 Å². The van der Waals surface area contributed by atoms with Crippen LogP contribution in [0.4, 0.5) is 0 Å². The fourth-order valence-electron chi connectivity index (χ4n) is 3.09. The number of carbonyl (C=O) groups is 2. The van der Waals surface area contributed by atoms with Crippen LogP contribution in [0, 0.1) is 0 Å². The molecule has 0 saturated carbocycles. The molecule has 0 amide bonds. The lowest BCUT2D eigenvalue weighted by Crippen LogP contribution is -2.26. The molecule has 1 N–H and O–H groups in total. The Kier molecular flexibility index (Phi) is 6.01. The SMILES string of the molecule is C=C1C(=O)O[C@@H]2C[C@H](OC(=O)/C(C)=C\C)/C=C(\C)CC[C@@H](O)C(C)=C12. The van der Waals surface area contributed by atoms with Gasteiger partial charge in [-0.15, -0.1) is 0 Å². The van der Waals surface area contributed by atoms with Crippen LogP contribution in [0.2, 0.25) is 0 Å². The van der Waals surface area contributed by atoms with Gasteiger partial charge in [-0.3, -0.25) is 0 Å². The molecule has 0 aromatic heterocycles. The number of fused-ring (bicyclic) bond motifs is 1. The lowest BCUT2D eigenvalue weighted by Gasteiger charge is -2.24. The van der Waals surface area contributed by atoms with Crippen molar-refractivity contribution in [2.24, 2.45) is 0 Å². The van der Waals surface area contributed by atoms with Crippen LogP contribution < -0.4 is 0 Å². The molecule has 1 saturated heterocycles. The standard InChI is InChI=1S/C20H26O5/c1-6-12(3)19(22)24-15-9-11(2)7-8-16(21)13(4)18-14(5)20(23)25-17(18)10-15/h6,9,15-17,21H,5,7-8,10H2,1-4H3/b11-9+,12-6-,18-13?/t15-,16-,17-/m1/s1.